The Bertz CT molecular complexity index is 2890. The zero-order valence-corrected chi connectivity index (χ0v) is 27.6. The van der Waals surface area contributed by atoms with E-state index in [9.17, 15) is 0 Å². The monoisotopic (exact) mass is 650 g/mol. The second kappa shape index (κ2) is 11.9. The van der Waals surface area contributed by atoms with Crippen LogP contribution in [0.25, 0.3) is 99.6 Å². The molecule has 10 aromatic rings. The highest BCUT2D eigenvalue weighted by molar-refractivity contribution is 6.30. The van der Waals surface area contributed by atoms with Crippen LogP contribution < -0.4 is 0 Å². The Morgan fingerprint density at radius 1 is 0.314 bits per heavy atom. The number of nitrogens with zero attached hydrogens (tertiary/aromatic N) is 2. The lowest BCUT2D eigenvalue weighted by Gasteiger charge is -2.10. The van der Waals surface area contributed by atoms with Gasteiger partial charge in [0.25, 0.3) is 0 Å². The quantitative estimate of drug-likeness (QED) is 0.174. The molecule has 0 saturated carbocycles. The molecule has 10 rings (SSSR count). The summed E-state index contributed by atoms with van der Waals surface area (Å²) in [7, 11) is 0. The van der Waals surface area contributed by atoms with Gasteiger partial charge in [-0.15, -0.1) is 0 Å². The molecule has 0 spiro atoms. The Hall–Kier alpha value is -6.84. The maximum Gasteiger partial charge on any atom is 0.180 e. The predicted molar refractivity (Wildman–Crippen MR) is 212 cm³/mol. The van der Waals surface area contributed by atoms with Gasteiger partial charge in [-0.1, -0.05) is 170 Å². The van der Waals surface area contributed by atoms with Gasteiger partial charge in [-0.3, -0.25) is 0 Å². The van der Waals surface area contributed by atoms with Crippen molar-refractivity contribution >= 4 is 43.6 Å². The van der Waals surface area contributed by atoms with E-state index in [1.165, 1.54) is 27.6 Å². The van der Waals surface area contributed by atoms with E-state index >= 15 is 0 Å². The normalized spacial score (nSPS) is 11.5. The van der Waals surface area contributed by atoms with Gasteiger partial charge in [0.2, 0.25) is 0 Å². The van der Waals surface area contributed by atoms with E-state index in [1.54, 1.807) is 0 Å². The smallest absolute Gasteiger partial charge is 0.180 e. The molecule has 51 heavy (non-hydrogen) atoms. The van der Waals surface area contributed by atoms with Crippen LogP contribution in [0, 0.1) is 0 Å². The largest absolute Gasteiger partial charge is 0.451 e. The van der Waals surface area contributed by atoms with Crippen LogP contribution in [0.15, 0.2) is 186 Å². The summed E-state index contributed by atoms with van der Waals surface area (Å²) < 4.78 is 6.89. The Labute approximate surface area is 295 Å². The highest BCUT2D eigenvalue weighted by Gasteiger charge is 2.22. The summed E-state index contributed by atoms with van der Waals surface area (Å²) in [6.07, 6.45) is 0. The third-order valence-corrected chi connectivity index (χ3v) is 9.88. The molecule has 0 bridgehead atoms. The first-order valence-electron chi connectivity index (χ1n) is 17.2. The van der Waals surface area contributed by atoms with Gasteiger partial charge >= 0.3 is 0 Å². The first-order valence-corrected chi connectivity index (χ1v) is 17.2. The molecule has 0 atom stereocenters. The first kappa shape index (κ1) is 29.1. The summed E-state index contributed by atoms with van der Waals surface area (Å²) in [6.45, 7) is 0. The molecule has 3 heteroatoms. The van der Waals surface area contributed by atoms with Crippen molar-refractivity contribution in [1.82, 2.24) is 9.97 Å². The van der Waals surface area contributed by atoms with Gasteiger partial charge in [0.05, 0.1) is 5.39 Å². The minimum absolute atomic E-state index is 0.671. The maximum absolute atomic E-state index is 6.89. The highest BCUT2D eigenvalue weighted by atomic mass is 16.3. The fraction of sp³-hybridized carbons (Fsp3) is 0. The van der Waals surface area contributed by atoms with Gasteiger partial charge in [-0.05, 0) is 61.7 Å². The second-order valence-corrected chi connectivity index (χ2v) is 12.9. The number of hydrogen-bond donors (Lipinski definition) is 0. The lowest BCUT2D eigenvalue weighted by molar-refractivity contribution is 0.671. The third-order valence-electron chi connectivity index (χ3n) is 9.88. The fourth-order valence-electron chi connectivity index (χ4n) is 7.39. The van der Waals surface area contributed by atoms with E-state index in [0.29, 0.717) is 11.4 Å². The van der Waals surface area contributed by atoms with Crippen LogP contribution in [-0.4, -0.2) is 9.97 Å². The van der Waals surface area contributed by atoms with Gasteiger partial charge in [-0.2, -0.15) is 0 Å². The van der Waals surface area contributed by atoms with Crippen molar-refractivity contribution in [3.05, 3.63) is 182 Å². The summed E-state index contributed by atoms with van der Waals surface area (Å²) >= 11 is 0. The van der Waals surface area contributed by atoms with Crippen LogP contribution in [0.1, 0.15) is 0 Å². The molecule has 0 fully saturated rings. The predicted octanol–water partition coefficient (Wildman–Crippen LogP) is 13.0. The van der Waals surface area contributed by atoms with Crippen LogP contribution in [0.4, 0.5) is 0 Å². The lowest BCUT2D eigenvalue weighted by atomic mass is 9.96. The zero-order chi connectivity index (χ0) is 33.7. The number of hydrogen-bond acceptors (Lipinski definition) is 3. The van der Waals surface area contributed by atoms with E-state index in [4.69, 9.17) is 14.4 Å². The van der Waals surface area contributed by atoms with Crippen molar-refractivity contribution in [2.24, 2.45) is 0 Å². The Morgan fingerprint density at radius 2 is 0.765 bits per heavy atom. The summed E-state index contributed by atoms with van der Waals surface area (Å²) in [4.78, 5) is 10.4. The zero-order valence-electron chi connectivity index (χ0n) is 27.6. The molecule has 0 radical (unpaired) electrons. The Morgan fingerprint density at radius 3 is 1.43 bits per heavy atom. The molecule has 0 saturated heterocycles. The molecule has 0 amide bonds. The van der Waals surface area contributed by atoms with Crippen molar-refractivity contribution in [3.63, 3.8) is 0 Å². The minimum atomic E-state index is 0.671. The van der Waals surface area contributed by atoms with E-state index in [1.807, 2.05) is 24.3 Å². The maximum atomic E-state index is 6.89. The van der Waals surface area contributed by atoms with E-state index in [0.717, 1.165) is 60.6 Å². The summed E-state index contributed by atoms with van der Waals surface area (Å²) in [5, 5.41) is 5.55. The standard InChI is InChI=1S/C48H30N2O/c1-3-13-31(14-4-1)32-25-27-33(28-26-32)35-17-11-18-36(29-35)37-19-12-20-38(30-37)44-47-45(50-48(49-44)34-15-5-2-6-16-34)43-41-23-9-7-21-39(41)40-22-8-10-24-42(40)46(43)51-47/h1-30H. The molecule has 2 aromatic heterocycles. The van der Waals surface area contributed by atoms with E-state index < -0.39 is 0 Å². The molecule has 8 aromatic carbocycles. The minimum Gasteiger partial charge on any atom is -0.451 e. The molecular formula is C48H30N2O. The van der Waals surface area contributed by atoms with Gasteiger partial charge in [-0.25, -0.2) is 9.97 Å². The van der Waals surface area contributed by atoms with Crippen LogP contribution in [-0.2, 0) is 0 Å². The van der Waals surface area contributed by atoms with Gasteiger partial charge in [0, 0.05) is 16.5 Å². The molecule has 0 N–H and O–H groups in total. The summed E-state index contributed by atoms with van der Waals surface area (Å²) in [5.41, 5.74) is 12.1. The van der Waals surface area contributed by atoms with Gasteiger partial charge < -0.3 is 4.42 Å². The Kier molecular flexibility index (Phi) is 6.81. The molecule has 238 valence electrons. The van der Waals surface area contributed by atoms with Crippen molar-refractivity contribution in [1.29, 1.82) is 0 Å². The molecule has 3 nitrogen and oxygen atoms in total. The number of aromatic nitrogens is 2. The molecular weight excluding hydrogens is 621 g/mol. The lowest BCUT2D eigenvalue weighted by Crippen LogP contribution is -1.94. The van der Waals surface area contributed by atoms with Crippen LogP contribution in [0.5, 0.6) is 0 Å². The van der Waals surface area contributed by atoms with Crippen molar-refractivity contribution in [3.8, 4) is 56.0 Å². The average Bonchev–Trinajstić information content (AvgIpc) is 3.62. The van der Waals surface area contributed by atoms with Gasteiger partial charge in [0.15, 0.2) is 11.4 Å². The molecule has 2 heterocycles. The average molecular weight is 651 g/mol. The highest BCUT2D eigenvalue weighted by Crippen LogP contribution is 2.43. The second-order valence-electron chi connectivity index (χ2n) is 12.9. The molecule has 0 aliphatic heterocycles. The Balaban J connectivity index is 1.15. The van der Waals surface area contributed by atoms with Crippen molar-refractivity contribution in [2.45, 2.75) is 0 Å². The fourth-order valence-corrected chi connectivity index (χ4v) is 7.39. The number of rotatable bonds is 5. The molecule has 0 unspecified atom stereocenters. The van der Waals surface area contributed by atoms with Crippen LogP contribution in [0.3, 0.4) is 0 Å². The topological polar surface area (TPSA) is 38.9 Å². The molecule has 0 aliphatic carbocycles. The van der Waals surface area contributed by atoms with Crippen molar-refractivity contribution in [2.75, 3.05) is 0 Å². The van der Waals surface area contributed by atoms with Crippen molar-refractivity contribution < 1.29 is 4.42 Å². The van der Waals surface area contributed by atoms with Crippen LogP contribution in [0.2, 0.25) is 0 Å². The summed E-state index contributed by atoms with van der Waals surface area (Å²) in [6, 6.07) is 63.9. The number of furan rings is 1. The first-order chi connectivity index (χ1) is 25.3. The van der Waals surface area contributed by atoms with E-state index in [-0.39, 0.29) is 0 Å². The van der Waals surface area contributed by atoms with Gasteiger partial charge in [0.1, 0.15) is 16.8 Å². The summed E-state index contributed by atoms with van der Waals surface area (Å²) in [5.74, 6) is 0.671. The molecule has 0 aliphatic rings. The third kappa shape index (κ3) is 4.98. The van der Waals surface area contributed by atoms with Crippen LogP contribution >= 0.6 is 0 Å². The SMILES string of the molecule is c1ccc(-c2ccc(-c3cccc(-c4cccc(-c5nc(-c6ccccc6)nc6c5oc5c7ccccc7c7ccccc7c65)c4)c3)cc2)cc1. The van der Waals surface area contributed by atoms with E-state index in [2.05, 4.69) is 158 Å². The number of fused-ring (bicyclic) bond motifs is 8. The number of benzene rings is 8.